The van der Waals surface area contributed by atoms with Crippen molar-refractivity contribution in [1.29, 1.82) is 0 Å². The van der Waals surface area contributed by atoms with E-state index in [1.807, 2.05) is 6.20 Å². The number of aromatic amines is 1. The van der Waals surface area contributed by atoms with Gasteiger partial charge in [-0.25, -0.2) is 0 Å². The summed E-state index contributed by atoms with van der Waals surface area (Å²) >= 11 is 9.24. The second-order valence-electron chi connectivity index (χ2n) is 12.7. The van der Waals surface area contributed by atoms with Crippen LogP contribution in [0.15, 0.2) is 203 Å². The van der Waals surface area contributed by atoms with E-state index in [0.29, 0.717) is 0 Å². The lowest BCUT2D eigenvalue weighted by molar-refractivity contribution is 1.13. The number of hydrogen-bond acceptors (Lipinski definition) is 0. The number of rotatable bonds is 3. The minimum absolute atomic E-state index is 0. The molecule has 2 heterocycles. The quantitative estimate of drug-likeness (QED) is 0.170. The van der Waals surface area contributed by atoms with Crippen molar-refractivity contribution in [2.45, 2.75) is 7.43 Å². The highest BCUT2D eigenvalue weighted by Gasteiger charge is 2.08. The molecule has 10 aromatic rings. The molecule has 1 N–H and O–H groups in total. The van der Waals surface area contributed by atoms with Crippen LogP contribution in [0, 0.1) is 3.57 Å². The van der Waals surface area contributed by atoms with Crippen LogP contribution in [0.3, 0.4) is 0 Å². The van der Waals surface area contributed by atoms with Gasteiger partial charge < -0.3 is 9.55 Å². The van der Waals surface area contributed by atoms with Crippen molar-refractivity contribution in [3.63, 3.8) is 0 Å². The number of H-pyrrole nitrogens is 1. The van der Waals surface area contributed by atoms with Crippen molar-refractivity contribution in [2.75, 3.05) is 0 Å². The van der Waals surface area contributed by atoms with E-state index in [1.165, 1.54) is 74.9 Å². The summed E-state index contributed by atoms with van der Waals surface area (Å²) in [5, 5.41) is 7.68. The second kappa shape index (κ2) is 17.0. The van der Waals surface area contributed by atoms with Gasteiger partial charge >= 0.3 is 0 Å². The van der Waals surface area contributed by atoms with E-state index in [4.69, 9.17) is 0 Å². The SMILES string of the molecule is Brc1ccc(-c2ccc(-n3ccc4ccc5ccccc5c43)cc2)cc1.Brc1ccc(-c2ccc(I)cc2)cc1.C.c1ccc2c(c1)ccc1cc[nH]c12. The van der Waals surface area contributed by atoms with Crippen molar-refractivity contribution in [3.05, 3.63) is 207 Å². The van der Waals surface area contributed by atoms with Gasteiger partial charge in [-0.1, -0.05) is 161 Å². The summed E-state index contributed by atoms with van der Waals surface area (Å²) in [5.41, 5.74) is 8.64. The number of benzene rings is 8. The van der Waals surface area contributed by atoms with Crippen molar-refractivity contribution in [1.82, 2.24) is 9.55 Å². The zero-order chi connectivity index (χ0) is 36.1. The minimum atomic E-state index is 0. The van der Waals surface area contributed by atoms with Crippen LogP contribution in [0.25, 0.3) is 71.3 Å². The Balaban J connectivity index is 0.000000136. The molecule has 0 saturated carbocycles. The maximum Gasteiger partial charge on any atom is 0.0606 e. The summed E-state index contributed by atoms with van der Waals surface area (Å²) in [4.78, 5) is 3.26. The molecule has 0 radical (unpaired) electrons. The topological polar surface area (TPSA) is 20.7 Å². The lowest BCUT2D eigenvalue weighted by Gasteiger charge is -2.10. The van der Waals surface area contributed by atoms with E-state index < -0.39 is 0 Å². The number of aromatic nitrogens is 2. The van der Waals surface area contributed by atoms with Crippen LogP contribution >= 0.6 is 54.5 Å². The third kappa shape index (κ3) is 8.24. The molecule has 0 aliphatic heterocycles. The predicted molar refractivity (Wildman–Crippen MR) is 249 cm³/mol. The zero-order valence-electron chi connectivity index (χ0n) is 28.6. The molecule has 2 aromatic heterocycles. The Morgan fingerprint density at radius 3 is 1.48 bits per heavy atom. The molecule has 0 atom stereocenters. The van der Waals surface area contributed by atoms with Gasteiger partial charge in [0.2, 0.25) is 0 Å². The molecular weight excluding hydrogens is 903 g/mol. The second-order valence-corrected chi connectivity index (χ2v) is 15.8. The highest BCUT2D eigenvalue weighted by Crippen LogP contribution is 2.30. The van der Waals surface area contributed by atoms with E-state index in [1.54, 1.807) is 0 Å². The average molecular weight is 941 g/mol. The Hall–Kier alpha value is -4.95. The van der Waals surface area contributed by atoms with E-state index in [-0.39, 0.29) is 7.43 Å². The highest BCUT2D eigenvalue weighted by molar-refractivity contribution is 14.1. The molecule has 264 valence electrons. The monoisotopic (exact) mass is 938 g/mol. The van der Waals surface area contributed by atoms with Gasteiger partial charge in [-0.3, -0.25) is 0 Å². The zero-order valence-corrected chi connectivity index (χ0v) is 33.9. The molecule has 54 heavy (non-hydrogen) atoms. The van der Waals surface area contributed by atoms with Crippen LogP contribution < -0.4 is 0 Å². The van der Waals surface area contributed by atoms with Crippen molar-refractivity contribution < 1.29 is 0 Å². The van der Waals surface area contributed by atoms with Gasteiger partial charge in [0, 0.05) is 52.1 Å². The summed E-state index contributed by atoms with van der Waals surface area (Å²) in [6, 6.07) is 64.1. The molecule has 0 aliphatic rings. The van der Waals surface area contributed by atoms with Crippen LogP contribution in [0.1, 0.15) is 7.43 Å². The third-order valence-electron chi connectivity index (χ3n) is 9.37. The van der Waals surface area contributed by atoms with Gasteiger partial charge in [0.05, 0.1) is 11.0 Å². The lowest BCUT2D eigenvalue weighted by Crippen LogP contribution is -1.92. The van der Waals surface area contributed by atoms with Crippen LogP contribution in [0.5, 0.6) is 0 Å². The molecule has 10 rings (SSSR count). The average Bonchev–Trinajstić information content (AvgIpc) is 3.88. The maximum atomic E-state index is 3.50. The first kappa shape index (κ1) is 37.4. The predicted octanol–water partition coefficient (Wildman–Crippen LogP) is 15.9. The van der Waals surface area contributed by atoms with Gasteiger partial charge in [0.15, 0.2) is 0 Å². The number of halogens is 3. The number of hydrogen-bond donors (Lipinski definition) is 1. The number of fused-ring (bicyclic) bond motifs is 6. The van der Waals surface area contributed by atoms with Gasteiger partial charge in [-0.2, -0.15) is 0 Å². The Kier molecular flexibility index (Phi) is 11.8. The summed E-state index contributed by atoms with van der Waals surface area (Å²) in [6.45, 7) is 0. The molecule has 0 amide bonds. The molecular formula is C49H37Br2IN2. The van der Waals surface area contributed by atoms with E-state index in [9.17, 15) is 0 Å². The molecule has 0 unspecified atom stereocenters. The summed E-state index contributed by atoms with van der Waals surface area (Å²) in [6.07, 6.45) is 4.14. The van der Waals surface area contributed by atoms with Gasteiger partial charge in [-0.15, -0.1) is 0 Å². The van der Waals surface area contributed by atoms with Crippen LogP contribution in [0.2, 0.25) is 0 Å². The standard InChI is InChI=1S/C24H16BrN.C12H8BrI.C12H9N.CH4/c25-21-11-7-17(8-12-21)18-9-13-22(14-10-18)26-16-15-20-6-5-19-3-1-2-4-23(19)24(20)26;13-11-5-1-9(2-6-11)10-3-7-12(14)8-4-10;1-2-4-11-9(3-1)5-6-10-7-8-13-12(10)11;/h1-16H;1-8H;1-8,13H;1H4. The smallest absolute Gasteiger partial charge is 0.0606 e. The third-order valence-corrected chi connectivity index (χ3v) is 11.1. The molecule has 0 saturated heterocycles. The van der Waals surface area contributed by atoms with Crippen LogP contribution in [-0.4, -0.2) is 9.55 Å². The minimum Gasteiger partial charge on any atom is -0.361 e. The first-order valence-corrected chi connectivity index (χ1v) is 20.0. The highest BCUT2D eigenvalue weighted by atomic mass is 127. The summed E-state index contributed by atoms with van der Waals surface area (Å²) in [7, 11) is 0. The fraction of sp³-hybridized carbons (Fsp3) is 0.0204. The van der Waals surface area contributed by atoms with Crippen molar-refractivity contribution in [2.24, 2.45) is 0 Å². The van der Waals surface area contributed by atoms with E-state index in [0.717, 1.165) is 8.95 Å². The molecule has 8 aromatic carbocycles. The Bertz CT molecular complexity index is 2740. The van der Waals surface area contributed by atoms with Crippen LogP contribution in [-0.2, 0) is 0 Å². The Labute approximate surface area is 346 Å². The van der Waals surface area contributed by atoms with Gasteiger partial charge in [-0.05, 0) is 116 Å². The largest absolute Gasteiger partial charge is 0.361 e. The summed E-state index contributed by atoms with van der Waals surface area (Å²) < 4.78 is 5.77. The molecule has 2 nitrogen and oxygen atoms in total. The van der Waals surface area contributed by atoms with Gasteiger partial charge in [0.1, 0.15) is 0 Å². The lowest BCUT2D eigenvalue weighted by atomic mass is 10.1. The Morgan fingerprint density at radius 1 is 0.426 bits per heavy atom. The fourth-order valence-electron chi connectivity index (χ4n) is 6.66. The number of nitrogens with one attached hydrogen (secondary N) is 1. The maximum absolute atomic E-state index is 3.50. The molecule has 0 aliphatic carbocycles. The van der Waals surface area contributed by atoms with Gasteiger partial charge in [0.25, 0.3) is 0 Å². The molecule has 0 spiro atoms. The molecule has 0 bridgehead atoms. The summed E-state index contributed by atoms with van der Waals surface area (Å²) in [5.74, 6) is 0. The first-order valence-electron chi connectivity index (χ1n) is 17.3. The van der Waals surface area contributed by atoms with E-state index in [2.05, 4.69) is 252 Å². The number of nitrogens with zero attached hydrogens (tertiary/aromatic N) is 1. The van der Waals surface area contributed by atoms with Crippen molar-refractivity contribution in [3.8, 4) is 27.9 Å². The fourth-order valence-corrected chi connectivity index (χ4v) is 7.55. The van der Waals surface area contributed by atoms with Crippen LogP contribution in [0.4, 0.5) is 0 Å². The normalized spacial score (nSPS) is 10.7. The first-order chi connectivity index (χ1) is 26.0. The van der Waals surface area contributed by atoms with Crippen molar-refractivity contribution >= 4 is 97.8 Å². The van der Waals surface area contributed by atoms with E-state index >= 15 is 0 Å². The molecule has 5 heteroatoms. The molecule has 0 fully saturated rings. The Morgan fingerprint density at radius 2 is 0.889 bits per heavy atom.